The number of H-pyrrole nitrogens is 2. The average molecular weight is 368 g/mol. The number of hydrogen-bond acceptors (Lipinski definition) is 8. The van der Waals surface area contributed by atoms with Crippen LogP contribution in [0.5, 0.6) is 5.88 Å². The highest BCUT2D eigenvalue weighted by atomic mass is 16.5. The molecule has 0 saturated carbocycles. The van der Waals surface area contributed by atoms with Crippen molar-refractivity contribution in [2.24, 2.45) is 0 Å². The minimum Gasteiger partial charge on any atom is -0.475 e. The topological polar surface area (TPSA) is 161 Å². The van der Waals surface area contributed by atoms with Crippen molar-refractivity contribution in [3.05, 3.63) is 46.8 Å². The summed E-state index contributed by atoms with van der Waals surface area (Å²) in [6, 6.07) is 3.45. The van der Waals surface area contributed by atoms with Gasteiger partial charge in [0.05, 0.1) is 13.2 Å². The smallest absolute Gasteiger partial charge is 0.328 e. The Labute approximate surface area is 151 Å². The molecule has 4 aromatic heterocycles. The minimum absolute atomic E-state index is 0.0900. The lowest BCUT2D eigenvalue weighted by Gasteiger charge is -2.06. The quantitative estimate of drug-likeness (QED) is 0.367. The van der Waals surface area contributed by atoms with Crippen LogP contribution < -0.4 is 16.2 Å². The highest BCUT2D eigenvalue weighted by Crippen LogP contribution is 2.19. The van der Waals surface area contributed by atoms with Crippen molar-refractivity contribution in [2.75, 3.05) is 18.9 Å². The van der Waals surface area contributed by atoms with Gasteiger partial charge in [-0.3, -0.25) is 4.57 Å². The number of aromatic amines is 2. The Morgan fingerprint density at radius 1 is 1.26 bits per heavy atom. The Bertz CT molecular complexity index is 1120. The fourth-order valence-corrected chi connectivity index (χ4v) is 2.61. The number of rotatable bonds is 6. The molecule has 0 bridgehead atoms. The van der Waals surface area contributed by atoms with Crippen LogP contribution in [0, 0.1) is 0 Å². The van der Waals surface area contributed by atoms with E-state index in [1.54, 1.807) is 30.7 Å². The zero-order valence-corrected chi connectivity index (χ0v) is 14.1. The fraction of sp³-hybridized carbons (Fsp3) is 0.188. The zero-order chi connectivity index (χ0) is 18.8. The van der Waals surface area contributed by atoms with E-state index in [4.69, 9.17) is 15.6 Å². The SMILES string of the molecule is Nc1nc(-c2ncc[nH]2)nc2c1[nH]c(=O)n2Cc1ccc(OCCO)nc1. The standard InChI is InChI=1S/C16H16N8O3/c17-12-11-15(23-14(22-12)13-18-3-4-19-13)24(16(26)21-11)8-9-1-2-10(20-7-9)27-6-5-25/h1-4,7,25H,5-6,8H2,(H,18,19)(H,21,26)(H2,17,22,23). The molecule has 0 unspecified atom stereocenters. The number of aromatic nitrogens is 7. The van der Waals surface area contributed by atoms with Crippen molar-refractivity contribution in [1.29, 1.82) is 0 Å². The third-order valence-electron chi connectivity index (χ3n) is 3.84. The first-order chi connectivity index (χ1) is 13.2. The first kappa shape index (κ1) is 16.7. The second kappa shape index (κ2) is 6.88. The van der Waals surface area contributed by atoms with Gasteiger partial charge in [0.15, 0.2) is 23.1 Å². The maximum atomic E-state index is 12.4. The molecule has 11 nitrogen and oxygen atoms in total. The predicted molar refractivity (Wildman–Crippen MR) is 96.1 cm³/mol. The molecule has 4 rings (SSSR count). The summed E-state index contributed by atoms with van der Waals surface area (Å²) in [5.41, 5.74) is 7.13. The lowest BCUT2D eigenvalue weighted by molar-refractivity contribution is 0.196. The number of nitrogen functional groups attached to an aromatic ring is 1. The molecular weight excluding hydrogens is 352 g/mol. The van der Waals surface area contributed by atoms with Crippen molar-refractivity contribution in [3.8, 4) is 17.5 Å². The van der Waals surface area contributed by atoms with Gasteiger partial charge in [-0.05, 0) is 5.56 Å². The number of pyridine rings is 1. The summed E-state index contributed by atoms with van der Waals surface area (Å²) >= 11 is 0. The average Bonchev–Trinajstić information content (AvgIpc) is 3.31. The number of hydrogen-bond donors (Lipinski definition) is 4. The van der Waals surface area contributed by atoms with Crippen LogP contribution in [0.2, 0.25) is 0 Å². The second-order valence-electron chi connectivity index (χ2n) is 5.66. The number of nitrogens with one attached hydrogen (secondary N) is 2. The van der Waals surface area contributed by atoms with E-state index < -0.39 is 0 Å². The monoisotopic (exact) mass is 368 g/mol. The summed E-state index contributed by atoms with van der Waals surface area (Å²) < 4.78 is 6.68. The summed E-state index contributed by atoms with van der Waals surface area (Å²) in [7, 11) is 0. The molecule has 4 heterocycles. The van der Waals surface area contributed by atoms with Crippen LogP contribution in [0.4, 0.5) is 5.82 Å². The molecule has 0 aliphatic rings. The van der Waals surface area contributed by atoms with Gasteiger partial charge in [0, 0.05) is 24.7 Å². The van der Waals surface area contributed by atoms with Crippen LogP contribution in [0.1, 0.15) is 5.56 Å². The molecule has 0 fully saturated rings. The summed E-state index contributed by atoms with van der Waals surface area (Å²) in [6.45, 7) is 0.313. The van der Waals surface area contributed by atoms with Crippen LogP contribution in [-0.2, 0) is 6.54 Å². The van der Waals surface area contributed by atoms with Crippen LogP contribution in [0.25, 0.3) is 22.8 Å². The lowest BCUT2D eigenvalue weighted by Crippen LogP contribution is -2.18. The van der Waals surface area contributed by atoms with Gasteiger partial charge in [0.1, 0.15) is 12.1 Å². The number of aliphatic hydroxyl groups excluding tert-OH is 1. The maximum Gasteiger partial charge on any atom is 0.328 e. The number of imidazole rings is 2. The number of fused-ring (bicyclic) bond motifs is 1. The van der Waals surface area contributed by atoms with E-state index in [0.29, 0.717) is 28.7 Å². The van der Waals surface area contributed by atoms with Gasteiger partial charge in [-0.25, -0.2) is 24.7 Å². The Morgan fingerprint density at radius 3 is 2.85 bits per heavy atom. The minimum atomic E-state index is -0.358. The molecule has 0 atom stereocenters. The summed E-state index contributed by atoms with van der Waals surface area (Å²) in [6.07, 6.45) is 4.82. The molecule has 4 aromatic rings. The van der Waals surface area contributed by atoms with Gasteiger partial charge in [-0.15, -0.1) is 0 Å². The van der Waals surface area contributed by atoms with Crippen molar-refractivity contribution in [1.82, 2.24) is 34.5 Å². The molecule has 0 aromatic carbocycles. The number of nitrogens with two attached hydrogens (primary N) is 1. The van der Waals surface area contributed by atoms with Crippen molar-refractivity contribution >= 4 is 17.0 Å². The molecule has 0 radical (unpaired) electrons. The molecule has 0 spiro atoms. The van der Waals surface area contributed by atoms with Gasteiger partial charge < -0.3 is 25.5 Å². The lowest BCUT2D eigenvalue weighted by atomic mass is 10.3. The molecule has 27 heavy (non-hydrogen) atoms. The number of ether oxygens (including phenoxy) is 1. The Balaban J connectivity index is 1.71. The molecule has 0 aliphatic carbocycles. The van der Waals surface area contributed by atoms with Gasteiger partial charge in [0.2, 0.25) is 5.88 Å². The summed E-state index contributed by atoms with van der Waals surface area (Å²) in [4.78, 5) is 34.9. The van der Waals surface area contributed by atoms with E-state index >= 15 is 0 Å². The first-order valence-corrected chi connectivity index (χ1v) is 8.10. The molecule has 0 amide bonds. The number of nitrogens with zero attached hydrogens (tertiary/aromatic N) is 5. The number of anilines is 1. The predicted octanol–water partition coefficient (Wildman–Crippen LogP) is -0.0937. The van der Waals surface area contributed by atoms with Crippen LogP contribution in [0.15, 0.2) is 35.5 Å². The van der Waals surface area contributed by atoms with Gasteiger partial charge in [-0.2, -0.15) is 0 Å². The molecule has 138 valence electrons. The summed E-state index contributed by atoms with van der Waals surface area (Å²) in [5, 5.41) is 8.77. The fourth-order valence-electron chi connectivity index (χ4n) is 2.61. The second-order valence-corrected chi connectivity index (χ2v) is 5.66. The van der Waals surface area contributed by atoms with Crippen LogP contribution in [0.3, 0.4) is 0 Å². The zero-order valence-electron chi connectivity index (χ0n) is 14.1. The third kappa shape index (κ3) is 3.22. The van der Waals surface area contributed by atoms with Crippen LogP contribution >= 0.6 is 0 Å². The van der Waals surface area contributed by atoms with E-state index in [1.807, 2.05) is 0 Å². The van der Waals surface area contributed by atoms with E-state index in [9.17, 15) is 4.79 Å². The molecule has 5 N–H and O–H groups in total. The van der Waals surface area contributed by atoms with Gasteiger partial charge >= 0.3 is 5.69 Å². The largest absolute Gasteiger partial charge is 0.475 e. The molecule has 0 aliphatic heterocycles. The highest BCUT2D eigenvalue weighted by Gasteiger charge is 2.16. The molecule has 0 saturated heterocycles. The van der Waals surface area contributed by atoms with E-state index in [-0.39, 0.29) is 31.3 Å². The molecular formula is C16H16N8O3. The van der Waals surface area contributed by atoms with Crippen molar-refractivity contribution in [2.45, 2.75) is 6.54 Å². The first-order valence-electron chi connectivity index (χ1n) is 8.10. The third-order valence-corrected chi connectivity index (χ3v) is 3.84. The Hall–Kier alpha value is -3.73. The Kier molecular flexibility index (Phi) is 4.26. The van der Waals surface area contributed by atoms with Gasteiger partial charge in [0.25, 0.3) is 0 Å². The van der Waals surface area contributed by atoms with E-state index in [1.165, 1.54) is 4.57 Å². The van der Waals surface area contributed by atoms with Gasteiger partial charge in [-0.1, -0.05) is 6.07 Å². The summed E-state index contributed by atoms with van der Waals surface area (Å²) in [5.74, 6) is 1.30. The highest BCUT2D eigenvalue weighted by molar-refractivity contribution is 5.83. The maximum absolute atomic E-state index is 12.4. The number of aliphatic hydroxyl groups is 1. The Morgan fingerprint density at radius 2 is 2.15 bits per heavy atom. The molecule has 11 heteroatoms. The van der Waals surface area contributed by atoms with E-state index in [0.717, 1.165) is 5.56 Å². The van der Waals surface area contributed by atoms with Crippen LogP contribution in [-0.4, -0.2) is 52.8 Å². The normalized spacial score (nSPS) is 11.1. The van der Waals surface area contributed by atoms with E-state index in [2.05, 4.69) is 29.9 Å². The van der Waals surface area contributed by atoms with Crippen molar-refractivity contribution < 1.29 is 9.84 Å². The van der Waals surface area contributed by atoms with Crippen molar-refractivity contribution in [3.63, 3.8) is 0 Å².